The van der Waals surface area contributed by atoms with Gasteiger partial charge in [0.15, 0.2) is 5.82 Å². The summed E-state index contributed by atoms with van der Waals surface area (Å²) in [6, 6.07) is 5.60. The standard InChI is InChI=1S/C11H12BrClN4/c1-2-3-10-11(14)15-16-17(10)7-4-5-9(13)8(12)6-7/h4-6H,2-3,14H2,1H3. The summed E-state index contributed by atoms with van der Waals surface area (Å²) in [5, 5.41) is 8.62. The van der Waals surface area contributed by atoms with Gasteiger partial charge in [-0.15, -0.1) is 5.10 Å². The summed E-state index contributed by atoms with van der Waals surface area (Å²) >= 11 is 9.35. The van der Waals surface area contributed by atoms with E-state index in [9.17, 15) is 0 Å². The van der Waals surface area contributed by atoms with E-state index in [4.69, 9.17) is 17.3 Å². The van der Waals surface area contributed by atoms with Gasteiger partial charge >= 0.3 is 0 Å². The van der Waals surface area contributed by atoms with E-state index in [0.717, 1.165) is 28.7 Å². The maximum absolute atomic E-state index is 5.96. The van der Waals surface area contributed by atoms with Gasteiger partial charge in [0.2, 0.25) is 0 Å². The van der Waals surface area contributed by atoms with Crippen LogP contribution in [0, 0.1) is 0 Å². The van der Waals surface area contributed by atoms with Gasteiger partial charge in [-0.1, -0.05) is 30.2 Å². The van der Waals surface area contributed by atoms with Crippen LogP contribution in [-0.2, 0) is 6.42 Å². The lowest BCUT2D eigenvalue weighted by molar-refractivity contribution is 0.745. The number of benzene rings is 1. The molecule has 90 valence electrons. The minimum atomic E-state index is 0.484. The molecule has 1 aromatic heterocycles. The number of nitrogen functional groups attached to an aromatic ring is 1. The Morgan fingerprint density at radius 3 is 2.88 bits per heavy atom. The minimum absolute atomic E-state index is 0.484. The van der Waals surface area contributed by atoms with Crippen LogP contribution in [0.1, 0.15) is 19.0 Å². The van der Waals surface area contributed by atoms with Crippen LogP contribution in [0.2, 0.25) is 5.02 Å². The average molecular weight is 316 g/mol. The Hall–Kier alpha value is -1.07. The Morgan fingerprint density at radius 2 is 2.24 bits per heavy atom. The highest BCUT2D eigenvalue weighted by atomic mass is 79.9. The third kappa shape index (κ3) is 2.45. The first-order valence-corrected chi connectivity index (χ1v) is 6.46. The van der Waals surface area contributed by atoms with Gasteiger partial charge in [-0.25, -0.2) is 4.68 Å². The lowest BCUT2D eigenvalue weighted by Gasteiger charge is -2.06. The van der Waals surface area contributed by atoms with Crippen LogP contribution in [-0.4, -0.2) is 15.0 Å². The topological polar surface area (TPSA) is 56.7 Å². The van der Waals surface area contributed by atoms with Gasteiger partial charge in [0.05, 0.1) is 16.4 Å². The molecule has 0 spiro atoms. The molecule has 1 aromatic carbocycles. The lowest BCUT2D eigenvalue weighted by Crippen LogP contribution is -2.03. The Morgan fingerprint density at radius 1 is 1.47 bits per heavy atom. The number of nitrogens with two attached hydrogens (primary N) is 1. The fourth-order valence-corrected chi connectivity index (χ4v) is 2.09. The zero-order valence-electron chi connectivity index (χ0n) is 9.32. The maximum atomic E-state index is 5.96. The summed E-state index contributed by atoms with van der Waals surface area (Å²) in [6.07, 6.45) is 1.84. The Labute approximate surface area is 113 Å². The van der Waals surface area contributed by atoms with E-state index in [-0.39, 0.29) is 0 Å². The van der Waals surface area contributed by atoms with E-state index in [0.29, 0.717) is 10.8 Å². The molecule has 0 aliphatic rings. The molecule has 2 N–H and O–H groups in total. The molecule has 2 aromatic rings. The molecule has 0 unspecified atom stereocenters. The van der Waals surface area contributed by atoms with Crippen molar-refractivity contribution in [3.05, 3.63) is 33.4 Å². The molecule has 0 bridgehead atoms. The lowest BCUT2D eigenvalue weighted by atomic mass is 10.2. The van der Waals surface area contributed by atoms with E-state index in [1.165, 1.54) is 0 Å². The first-order chi connectivity index (χ1) is 8.13. The Kier molecular flexibility index (Phi) is 3.69. The summed E-state index contributed by atoms with van der Waals surface area (Å²) in [4.78, 5) is 0. The van der Waals surface area contributed by atoms with Crippen molar-refractivity contribution in [2.24, 2.45) is 0 Å². The first-order valence-electron chi connectivity index (χ1n) is 5.29. The van der Waals surface area contributed by atoms with Crippen molar-refractivity contribution >= 4 is 33.3 Å². The van der Waals surface area contributed by atoms with Gasteiger partial charge in [-0.2, -0.15) is 0 Å². The third-order valence-electron chi connectivity index (χ3n) is 2.43. The van der Waals surface area contributed by atoms with Crippen LogP contribution in [0.5, 0.6) is 0 Å². The highest BCUT2D eigenvalue weighted by Gasteiger charge is 2.11. The largest absolute Gasteiger partial charge is 0.381 e. The summed E-state index contributed by atoms with van der Waals surface area (Å²) < 4.78 is 2.58. The number of hydrogen-bond acceptors (Lipinski definition) is 3. The molecule has 0 aliphatic heterocycles. The zero-order valence-corrected chi connectivity index (χ0v) is 11.7. The molecule has 4 nitrogen and oxygen atoms in total. The number of aromatic nitrogens is 3. The maximum Gasteiger partial charge on any atom is 0.169 e. The number of halogens is 2. The van der Waals surface area contributed by atoms with E-state index < -0.39 is 0 Å². The van der Waals surface area contributed by atoms with Crippen molar-refractivity contribution in [2.45, 2.75) is 19.8 Å². The van der Waals surface area contributed by atoms with Gasteiger partial charge in [0, 0.05) is 4.47 Å². The number of hydrogen-bond donors (Lipinski definition) is 1. The van der Waals surface area contributed by atoms with Crippen molar-refractivity contribution in [2.75, 3.05) is 5.73 Å². The molecule has 6 heteroatoms. The van der Waals surface area contributed by atoms with Crippen LogP contribution >= 0.6 is 27.5 Å². The zero-order chi connectivity index (χ0) is 12.4. The smallest absolute Gasteiger partial charge is 0.169 e. The predicted octanol–water partition coefficient (Wildman–Crippen LogP) is 3.22. The van der Waals surface area contributed by atoms with Gasteiger partial charge in [0.25, 0.3) is 0 Å². The van der Waals surface area contributed by atoms with Crippen molar-refractivity contribution in [1.82, 2.24) is 15.0 Å². The molecule has 0 saturated carbocycles. The van der Waals surface area contributed by atoms with E-state index in [1.807, 2.05) is 18.2 Å². The molecule has 0 fully saturated rings. The summed E-state index contributed by atoms with van der Waals surface area (Å²) in [6.45, 7) is 2.09. The van der Waals surface area contributed by atoms with E-state index in [1.54, 1.807) is 4.68 Å². The highest BCUT2D eigenvalue weighted by molar-refractivity contribution is 9.10. The van der Waals surface area contributed by atoms with Crippen LogP contribution < -0.4 is 5.73 Å². The van der Waals surface area contributed by atoms with E-state index in [2.05, 4.69) is 33.2 Å². The third-order valence-corrected chi connectivity index (χ3v) is 3.64. The second-order valence-electron chi connectivity index (χ2n) is 3.68. The van der Waals surface area contributed by atoms with Crippen molar-refractivity contribution in [3.63, 3.8) is 0 Å². The average Bonchev–Trinajstić information content (AvgIpc) is 2.66. The molecule has 0 atom stereocenters. The van der Waals surface area contributed by atoms with Crippen LogP contribution in [0.4, 0.5) is 5.82 Å². The Bertz CT molecular complexity index is 538. The predicted molar refractivity (Wildman–Crippen MR) is 72.5 cm³/mol. The normalized spacial score (nSPS) is 10.8. The quantitative estimate of drug-likeness (QED) is 0.946. The fraction of sp³-hybridized carbons (Fsp3) is 0.273. The summed E-state index contributed by atoms with van der Waals surface area (Å²) in [5.41, 5.74) is 7.63. The molecule has 1 heterocycles. The second kappa shape index (κ2) is 5.06. The summed E-state index contributed by atoms with van der Waals surface area (Å²) in [7, 11) is 0. The van der Waals surface area contributed by atoms with Crippen LogP contribution in [0.3, 0.4) is 0 Å². The highest BCUT2D eigenvalue weighted by Crippen LogP contribution is 2.26. The molecular weight excluding hydrogens is 304 g/mol. The van der Waals surface area contributed by atoms with Gasteiger partial charge in [0.1, 0.15) is 0 Å². The molecule has 2 rings (SSSR count). The van der Waals surface area contributed by atoms with Gasteiger partial charge in [-0.3, -0.25) is 0 Å². The van der Waals surface area contributed by atoms with Crippen LogP contribution in [0.15, 0.2) is 22.7 Å². The molecule has 0 radical (unpaired) electrons. The first kappa shape index (κ1) is 12.4. The van der Waals surface area contributed by atoms with E-state index >= 15 is 0 Å². The molecule has 17 heavy (non-hydrogen) atoms. The van der Waals surface area contributed by atoms with Gasteiger partial charge in [-0.05, 0) is 40.5 Å². The number of rotatable bonds is 3. The van der Waals surface area contributed by atoms with Gasteiger partial charge < -0.3 is 5.73 Å². The van der Waals surface area contributed by atoms with Crippen molar-refractivity contribution in [3.8, 4) is 5.69 Å². The molecule has 0 amide bonds. The monoisotopic (exact) mass is 314 g/mol. The van der Waals surface area contributed by atoms with Crippen molar-refractivity contribution in [1.29, 1.82) is 0 Å². The minimum Gasteiger partial charge on any atom is -0.381 e. The SMILES string of the molecule is CCCc1c(N)nnn1-c1ccc(Cl)c(Br)c1. The van der Waals surface area contributed by atoms with Crippen LogP contribution in [0.25, 0.3) is 5.69 Å². The summed E-state index contributed by atoms with van der Waals surface area (Å²) in [5.74, 6) is 0.484. The fourth-order valence-electron chi connectivity index (χ4n) is 1.61. The second-order valence-corrected chi connectivity index (χ2v) is 4.94. The Balaban J connectivity index is 2.48. The molecular formula is C11H12BrClN4. The number of anilines is 1. The molecule has 0 saturated heterocycles. The number of nitrogens with zero attached hydrogens (tertiary/aromatic N) is 3. The molecule has 0 aliphatic carbocycles. The van der Waals surface area contributed by atoms with Crippen molar-refractivity contribution < 1.29 is 0 Å².